The summed E-state index contributed by atoms with van der Waals surface area (Å²) in [7, 11) is 0. The van der Waals surface area contributed by atoms with Crippen molar-refractivity contribution >= 4 is 41.5 Å². The average Bonchev–Trinajstić information content (AvgIpc) is 3.00. The van der Waals surface area contributed by atoms with Crippen LogP contribution in [0, 0.1) is 0 Å². The molecule has 0 unspecified atom stereocenters. The normalized spacial score (nSPS) is 14.0. The summed E-state index contributed by atoms with van der Waals surface area (Å²) in [5.74, 6) is -2.91. The molecule has 1 saturated heterocycles. The minimum atomic E-state index is -1.23. The van der Waals surface area contributed by atoms with Crippen molar-refractivity contribution in [3.8, 4) is 11.3 Å². The number of barbiturate groups is 1. The smallest absolute Gasteiger partial charge is 0.328 e. The van der Waals surface area contributed by atoms with E-state index >= 15 is 0 Å². The van der Waals surface area contributed by atoms with E-state index in [1.165, 1.54) is 17.0 Å². The number of aryl methyl sites for hydroxylation is 1. The third-order valence-corrected chi connectivity index (χ3v) is 3.95. The van der Waals surface area contributed by atoms with E-state index in [4.69, 9.17) is 11.6 Å². The number of aromatic nitrogens is 2. The van der Waals surface area contributed by atoms with Crippen LogP contribution in [0.4, 0.5) is 4.79 Å². The minimum absolute atomic E-state index is 0.0446. The van der Waals surface area contributed by atoms with Crippen LogP contribution in [0.15, 0.2) is 36.0 Å². The quantitative estimate of drug-likeness (QED) is 0.552. The van der Waals surface area contributed by atoms with Crippen molar-refractivity contribution in [1.29, 1.82) is 0 Å². The number of carbonyl (C=O) groups excluding carboxylic acids is 4. The number of carbonyl (C=O) groups is 4. The van der Waals surface area contributed by atoms with Crippen molar-refractivity contribution < 1.29 is 24.3 Å². The molecule has 1 aromatic carbocycles. The molecular formula is C17H12ClN4O5-. The number of hydrogen-bond donors (Lipinski definition) is 2. The number of aliphatic carboxylic acids is 1. The number of amides is 4. The van der Waals surface area contributed by atoms with Gasteiger partial charge >= 0.3 is 6.03 Å². The maximum atomic E-state index is 11.9. The molecule has 0 radical (unpaired) electrons. The number of nitrogens with one attached hydrogen (secondary N) is 2. The fraction of sp³-hybridized carbons (Fsp3) is 0.118. The molecule has 0 spiro atoms. The lowest BCUT2D eigenvalue weighted by Gasteiger charge is -2.13. The predicted molar refractivity (Wildman–Crippen MR) is 92.0 cm³/mol. The van der Waals surface area contributed by atoms with Crippen molar-refractivity contribution in [2.24, 2.45) is 0 Å². The van der Waals surface area contributed by atoms with Gasteiger partial charge in [-0.1, -0.05) is 23.7 Å². The molecule has 0 bridgehead atoms. The van der Waals surface area contributed by atoms with Gasteiger partial charge in [0.1, 0.15) is 5.57 Å². The number of nitrogens with zero attached hydrogens (tertiary/aromatic N) is 2. The second-order valence-electron chi connectivity index (χ2n) is 5.62. The second-order valence-corrected chi connectivity index (χ2v) is 6.06. The Balaban J connectivity index is 2.04. The molecule has 1 aliphatic heterocycles. The van der Waals surface area contributed by atoms with Crippen LogP contribution in [-0.2, 0) is 20.9 Å². The lowest BCUT2D eigenvalue weighted by atomic mass is 10.0. The topological polar surface area (TPSA) is 133 Å². The third-order valence-electron chi connectivity index (χ3n) is 3.70. The highest BCUT2D eigenvalue weighted by molar-refractivity contribution is 6.31. The van der Waals surface area contributed by atoms with Gasteiger partial charge in [-0.3, -0.25) is 24.9 Å². The van der Waals surface area contributed by atoms with Gasteiger partial charge in [-0.05, 0) is 18.2 Å². The van der Waals surface area contributed by atoms with Gasteiger partial charge in [0.25, 0.3) is 11.8 Å². The van der Waals surface area contributed by atoms with Crippen LogP contribution in [0.1, 0.15) is 12.0 Å². The summed E-state index contributed by atoms with van der Waals surface area (Å²) < 4.78 is 1.37. The van der Waals surface area contributed by atoms with Gasteiger partial charge in [-0.15, -0.1) is 0 Å². The average molecular weight is 388 g/mol. The number of imide groups is 2. The number of carboxylic acids is 1. The third kappa shape index (κ3) is 4.21. The lowest BCUT2D eigenvalue weighted by Crippen LogP contribution is -2.51. The van der Waals surface area contributed by atoms with E-state index in [1.54, 1.807) is 24.3 Å². The lowest BCUT2D eigenvalue weighted by molar-refractivity contribution is -0.306. The summed E-state index contributed by atoms with van der Waals surface area (Å²) in [6.45, 7) is 0.0446. The first kappa shape index (κ1) is 18.3. The Kier molecular flexibility index (Phi) is 5.04. The minimum Gasteiger partial charge on any atom is -0.550 e. The number of carboxylic acid groups (broad SMARTS) is 1. The van der Waals surface area contributed by atoms with Crippen LogP contribution >= 0.6 is 11.6 Å². The fourth-order valence-electron chi connectivity index (χ4n) is 2.46. The molecule has 1 fully saturated rings. The predicted octanol–water partition coefficient (Wildman–Crippen LogP) is 0.0929. The molecule has 2 aromatic rings. The molecule has 2 N–H and O–H groups in total. The van der Waals surface area contributed by atoms with Gasteiger partial charge in [0.2, 0.25) is 0 Å². The Bertz CT molecular complexity index is 956. The molecule has 0 saturated carbocycles. The zero-order valence-electron chi connectivity index (χ0n) is 13.7. The molecular weight excluding hydrogens is 376 g/mol. The van der Waals surface area contributed by atoms with Gasteiger partial charge < -0.3 is 9.90 Å². The van der Waals surface area contributed by atoms with E-state index in [2.05, 4.69) is 5.10 Å². The first-order valence-electron chi connectivity index (χ1n) is 7.75. The summed E-state index contributed by atoms with van der Waals surface area (Å²) in [6, 6.07) is 5.78. The Labute approximate surface area is 157 Å². The molecule has 10 heteroatoms. The van der Waals surface area contributed by atoms with Crippen molar-refractivity contribution in [2.75, 3.05) is 0 Å². The number of hydrogen-bond acceptors (Lipinski definition) is 6. The van der Waals surface area contributed by atoms with E-state index < -0.39 is 23.8 Å². The molecule has 9 nitrogen and oxygen atoms in total. The zero-order valence-corrected chi connectivity index (χ0v) is 14.4. The highest BCUT2D eigenvalue weighted by Gasteiger charge is 2.28. The van der Waals surface area contributed by atoms with Crippen LogP contribution < -0.4 is 15.7 Å². The molecule has 0 aliphatic carbocycles. The largest absolute Gasteiger partial charge is 0.550 e. The van der Waals surface area contributed by atoms with Gasteiger partial charge in [-0.25, -0.2) is 4.79 Å². The molecule has 138 valence electrons. The summed E-state index contributed by atoms with van der Waals surface area (Å²) >= 11 is 5.89. The monoisotopic (exact) mass is 387 g/mol. The van der Waals surface area contributed by atoms with Gasteiger partial charge in [-0.2, -0.15) is 5.10 Å². The first-order valence-corrected chi connectivity index (χ1v) is 8.13. The Hall–Kier alpha value is -3.46. The van der Waals surface area contributed by atoms with Crippen LogP contribution in [0.2, 0.25) is 5.02 Å². The Morgan fingerprint density at radius 1 is 1.15 bits per heavy atom. The molecule has 1 aliphatic rings. The second kappa shape index (κ2) is 7.42. The molecule has 27 heavy (non-hydrogen) atoms. The van der Waals surface area contributed by atoms with E-state index in [0.717, 1.165) is 0 Å². The van der Waals surface area contributed by atoms with E-state index in [0.29, 0.717) is 21.8 Å². The van der Waals surface area contributed by atoms with E-state index in [-0.39, 0.29) is 18.5 Å². The number of halogens is 1. The number of rotatable bonds is 5. The van der Waals surface area contributed by atoms with Crippen molar-refractivity contribution in [3.05, 3.63) is 46.6 Å². The van der Waals surface area contributed by atoms with Gasteiger partial charge in [0.15, 0.2) is 0 Å². The maximum Gasteiger partial charge on any atom is 0.328 e. The summed E-state index contributed by atoms with van der Waals surface area (Å²) in [6.07, 6.45) is 2.52. The van der Waals surface area contributed by atoms with Crippen molar-refractivity contribution in [3.63, 3.8) is 0 Å². The zero-order chi connectivity index (χ0) is 19.6. The van der Waals surface area contributed by atoms with E-state index in [1.807, 2.05) is 10.6 Å². The van der Waals surface area contributed by atoms with Crippen molar-refractivity contribution in [2.45, 2.75) is 13.0 Å². The Morgan fingerprint density at radius 2 is 1.78 bits per heavy atom. The number of benzene rings is 1. The first-order chi connectivity index (χ1) is 12.8. The molecule has 0 atom stereocenters. The van der Waals surface area contributed by atoms with Gasteiger partial charge in [0.05, 0.1) is 5.69 Å². The highest BCUT2D eigenvalue weighted by Crippen LogP contribution is 2.26. The Morgan fingerprint density at radius 3 is 2.37 bits per heavy atom. The maximum absolute atomic E-state index is 11.9. The SMILES string of the molecule is O=C([O-])CCn1cc(C=C2C(=O)NC(=O)NC2=O)c(-c2ccc(Cl)cc2)n1. The fourth-order valence-corrected chi connectivity index (χ4v) is 2.58. The van der Waals surface area contributed by atoms with Crippen LogP contribution in [0.5, 0.6) is 0 Å². The van der Waals surface area contributed by atoms with Crippen LogP contribution in [0.25, 0.3) is 17.3 Å². The van der Waals surface area contributed by atoms with E-state index in [9.17, 15) is 24.3 Å². The summed E-state index contributed by atoms with van der Waals surface area (Å²) in [5.41, 5.74) is 1.18. The number of urea groups is 1. The molecule has 3 rings (SSSR count). The molecule has 2 heterocycles. The summed E-state index contributed by atoms with van der Waals surface area (Å²) in [5, 5.41) is 19.5. The highest BCUT2D eigenvalue weighted by atomic mass is 35.5. The molecule has 1 aromatic heterocycles. The summed E-state index contributed by atoms with van der Waals surface area (Å²) in [4.78, 5) is 45.7. The van der Waals surface area contributed by atoms with Crippen LogP contribution in [-0.4, -0.2) is 33.6 Å². The van der Waals surface area contributed by atoms with Crippen molar-refractivity contribution in [1.82, 2.24) is 20.4 Å². The van der Waals surface area contributed by atoms with Gasteiger partial charge in [0, 0.05) is 41.3 Å². The molecule has 4 amide bonds. The van der Waals surface area contributed by atoms with Crippen LogP contribution in [0.3, 0.4) is 0 Å². The standard InChI is InChI=1S/C17H13ClN4O5/c18-11-3-1-9(2-4-11)14-10(8-22(21-14)6-5-13(23)24)7-12-15(25)19-17(27)20-16(12)26/h1-4,7-8H,5-6H2,(H,23,24)(H2,19,20,25,26,27)/p-1.